The van der Waals surface area contributed by atoms with Crippen molar-refractivity contribution in [2.75, 3.05) is 0 Å². The van der Waals surface area contributed by atoms with E-state index in [9.17, 15) is 0 Å². The summed E-state index contributed by atoms with van der Waals surface area (Å²) in [7, 11) is 0. The lowest BCUT2D eigenvalue weighted by molar-refractivity contribution is 0.519. The van der Waals surface area contributed by atoms with Crippen molar-refractivity contribution in [3.8, 4) is 5.82 Å². The maximum absolute atomic E-state index is 5.17. The Kier molecular flexibility index (Phi) is 5.77. The van der Waals surface area contributed by atoms with Gasteiger partial charge in [-0.2, -0.15) is 10.2 Å². The van der Waals surface area contributed by atoms with Crippen LogP contribution in [0.1, 0.15) is 50.7 Å². The van der Waals surface area contributed by atoms with Crippen LogP contribution in [-0.2, 0) is 0 Å². The number of nitrogens with one attached hydrogen (secondary N) is 2. The number of hydrogen-bond acceptors (Lipinski definition) is 3. The smallest absolute Gasteiger partial charge is 0.187 e. The normalized spacial score (nSPS) is 11.7. The quantitative estimate of drug-likeness (QED) is 0.496. The van der Waals surface area contributed by atoms with Gasteiger partial charge in [-0.1, -0.05) is 0 Å². The summed E-state index contributed by atoms with van der Waals surface area (Å²) in [4.78, 5) is 0. The van der Waals surface area contributed by atoms with E-state index in [0.717, 1.165) is 22.8 Å². The predicted octanol–water partition coefficient (Wildman–Crippen LogP) is 3.08. The van der Waals surface area contributed by atoms with Crippen molar-refractivity contribution in [1.82, 2.24) is 25.1 Å². The number of rotatable bonds is 5. The fraction of sp³-hybridized carbons (Fsp3) is 0.471. The van der Waals surface area contributed by atoms with Crippen LogP contribution >= 0.6 is 12.2 Å². The maximum Gasteiger partial charge on any atom is 0.187 e. The zero-order chi connectivity index (χ0) is 17.9. The molecule has 0 amide bonds. The largest absolute Gasteiger partial charge is 0.359 e. The molecule has 2 N–H and O–H groups in total. The molecule has 2 aromatic rings. The SMILES string of the molecule is Cc1cc(/C=N\NC(=S)NC(C)C)c(C)n1-c1ccnn1C(C)C. The summed E-state index contributed by atoms with van der Waals surface area (Å²) in [6.45, 7) is 12.5. The van der Waals surface area contributed by atoms with Gasteiger partial charge in [0.1, 0.15) is 5.82 Å². The first-order chi connectivity index (χ1) is 11.3. The zero-order valence-corrected chi connectivity index (χ0v) is 16.0. The van der Waals surface area contributed by atoms with E-state index >= 15 is 0 Å². The molecule has 0 atom stereocenters. The van der Waals surface area contributed by atoms with Crippen molar-refractivity contribution in [2.45, 2.75) is 53.6 Å². The van der Waals surface area contributed by atoms with Crippen molar-refractivity contribution in [2.24, 2.45) is 5.10 Å². The van der Waals surface area contributed by atoms with Crippen molar-refractivity contribution >= 4 is 23.5 Å². The monoisotopic (exact) mass is 346 g/mol. The van der Waals surface area contributed by atoms with E-state index in [-0.39, 0.29) is 6.04 Å². The molecule has 0 aliphatic carbocycles. The van der Waals surface area contributed by atoms with Crippen LogP contribution in [0.3, 0.4) is 0 Å². The Morgan fingerprint density at radius 3 is 2.62 bits per heavy atom. The highest BCUT2D eigenvalue weighted by atomic mass is 32.1. The van der Waals surface area contributed by atoms with Gasteiger partial charge in [0, 0.05) is 35.1 Å². The Hall–Kier alpha value is -2.15. The Morgan fingerprint density at radius 2 is 2.00 bits per heavy atom. The molecule has 130 valence electrons. The number of thiocarbonyl (C=S) groups is 1. The molecule has 2 aromatic heterocycles. The highest BCUT2D eigenvalue weighted by molar-refractivity contribution is 7.80. The van der Waals surface area contributed by atoms with Gasteiger partial charge < -0.3 is 9.88 Å². The van der Waals surface area contributed by atoms with Crippen LogP contribution < -0.4 is 10.7 Å². The lowest BCUT2D eigenvalue weighted by atomic mass is 10.3. The molecule has 7 heteroatoms. The van der Waals surface area contributed by atoms with Gasteiger partial charge in [0.2, 0.25) is 0 Å². The Bertz CT molecular complexity index is 738. The second-order valence-corrected chi connectivity index (χ2v) is 6.80. The molecular weight excluding hydrogens is 320 g/mol. The standard InChI is InChI=1S/C17H26N6S/c1-11(2)20-17(24)21-18-10-15-9-13(5)22(14(15)6)16-7-8-19-23(16)12(3)4/h7-12H,1-6H3,(H2,20,21,24)/b18-10-. The molecule has 0 bridgehead atoms. The first-order valence-corrected chi connectivity index (χ1v) is 8.54. The van der Waals surface area contributed by atoms with E-state index in [0.29, 0.717) is 11.2 Å². The van der Waals surface area contributed by atoms with Gasteiger partial charge in [-0.15, -0.1) is 0 Å². The van der Waals surface area contributed by atoms with Crippen molar-refractivity contribution in [3.05, 3.63) is 35.3 Å². The molecular formula is C17H26N6S. The first-order valence-electron chi connectivity index (χ1n) is 8.13. The van der Waals surface area contributed by atoms with Crippen LogP contribution in [0.2, 0.25) is 0 Å². The zero-order valence-electron chi connectivity index (χ0n) is 15.2. The Morgan fingerprint density at radius 1 is 1.29 bits per heavy atom. The van der Waals surface area contributed by atoms with Gasteiger partial charge in [-0.05, 0) is 59.8 Å². The van der Waals surface area contributed by atoms with Crippen LogP contribution in [0.25, 0.3) is 5.82 Å². The number of aryl methyl sites for hydroxylation is 1. The summed E-state index contributed by atoms with van der Waals surface area (Å²) in [6.07, 6.45) is 3.63. The molecule has 0 spiro atoms. The second-order valence-electron chi connectivity index (χ2n) is 6.39. The molecule has 0 saturated heterocycles. The molecule has 2 heterocycles. The molecule has 0 aliphatic heterocycles. The summed E-state index contributed by atoms with van der Waals surface area (Å²) in [5.41, 5.74) is 6.14. The van der Waals surface area contributed by atoms with E-state index in [4.69, 9.17) is 12.2 Å². The third-order valence-electron chi connectivity index (χ3n) is 3.63. The summed E-state index contributed by atoms with van der Waals surface area (Å²) in [5.74, 6) is 1.06. The average molecular weight is 347 g/mol. The van der Waals surface area contributed by atoms with E-state index in [1.54, 1.807) is 6.21 Å². The van der Waals surface area contributed by atoms with E-state index in [1.165, 1.54) is 0 Å². The first kappa shape index (κ1) is 18.2. The Labute approximate surface area is 148 Å². The number of nitrogens with zero attached hydrogens (tertiary/aromatic N) is 4. The number of hydrazone groups is 1. The molecule has 2 rings (SSSR count). The number of hydrogen-bond donors (Lipinski definition) is 2. The van der Waals surface area contributed by atoms with Gasteiger partial charge in [-0.3, -0.25) is 5.43 Å². The summed E-state index contributed by atoms with van der Waals surface area (Å²) in [5, 5.41) is 12.3. The van der Waals surface area contributed by atoms with Crippen molar-refractivity contribution in [3.63, 3.8) is 0 Å². The maximum atomic E-state index is 5.17. The minimum Gasteiger partial charge on any atom is -0.359 e. The molecule has 0 radical (unpaired) electrons. The average Bonchev–Trinajstić information content (AvgIpc) is 3.03. The lowest BCUT2D eigenvalue weighted by Gasteiger charge is -2.15. The van der Waals surface area contributed by atoms with Gasteiger partial charge >= 0.3 is 0 Å². The minimum atomic E-state index is 0.279. The molecule has 24 heavy (non-hydrogen) atoms. The Balaban J connectivity index is 2.23. The third kappa shape index (κ3) is 4.03. The number of aromatic nitrogens is 3. The topological polar surface area (TPSA) is 59.2 Å². The van der Waals surface area contributed by atoms with Gasteiger partial charge in [0.05, 0.1) is 12.4 Å². The van der Waals surface area contributed by atoms with Gasteiger partial charge in [-0.25, -0.2) is 4.68 Å². The minimum absolute atomic E-state index is 0.279. The molecule has 0 saturated carbocycles. The molecule has 0 fully saturated rings. The highest BCUT2D eigenvalue weighted by Crippen LogP contribution is 2.21. The van der Waals surface area contributed by atoms with Crippen LogP contribution in [0, 0.1) is 13.8 Å². The lowest BCUT2D eigenvalue weighted by Crippen LogP contribution is -2.36. The fourth-order valence-electron chi connectivity index (χ4n) is 2.61. The van der Waals surface area contributed by atoms with Gasteiger partial charge in [0.15, 0.2) is 5.11 Å². The van der Waals surface area contributed by atoms with Crippen LogP contribution in [0.15, 0.2) is 23.4 Å². The van der Waals surface area contributed by atoms with Gasteiger partial charge in [0.25, 0.3) is 0 Å². The van der Waals surface area contributed by atoms with Crippen LogP contribution in [0.5, 0.6) is 0 Å². The fourth-order valence-corrected chi connectivity index (χ4v) is 2.90. The van der Waals surface area contributed by atoms with E-state index in [2.05, 4.69) is 59.3 Å². The van der Waals surface area contributed by atoms with Crippen molar-refractivity contribution in [1.29, 1.82) is 0 Å². The second kappa shape index (κ2) is 7.61. The van der Waals surface area contributed by atoms with Crippen LogP contribution in [0.4, 0.5) is 0 Å². The molecule has 0 unspecified atom stereocenters. The van der Waals surface area contributed by atoms with Crippen molar-refractivity contribution < 1.29 is 0 Å². The third-order valence-corrected chi connectivity index (χ3v) is 3.84. The predicted molar refractivity (Wildman–Crippen MR) is 103 cm³/mol. The highest BCUT2D eigenvalue weighted by Gasteiger charge is 2.14. The summed E-state index contributed by atoms with van der Waals surface area (Å²) >= 11 is 5.17. The molecule has 6 nitrogen and oxygen atoms in total. The molecule has 0 aromatic carbocycles. The van der Waals surface area contributed by atoms with Crippen LogP contribution in [-0.4, -0.2) is 31.7 Å². The molecule has 0 aliphatic rings. The van der Waals surface area contributed by atoms with E-state index in [1.807, 2.05) is 30.8 Å². The van der Waals surface area contributed by atoms with E-state index < -0.39 is 0 Å². The summed E-state index contributed by atoms with van der Waals surface area (Å²) in [6, 6.07) is 4.72. The summed E-state index contributed by atoms with van der Waals surface area (Å²) < 4.78 is 4.21.